The maximum absolute atomic E-state index is 6.10. The number of methoxy groups -OCH3 is 1. The molecule has 3 unspecified atom stereocenters. The number of nitrogens with two attached hydrogens (primary N) is 1. The van der Waals surface area contributed by atoms with Gasteiger partial charge in [-0.2, -0.15) is 15.1 Å². The van der Waals surface area contributed by atoms with Crippen LogP contribution in [0.2, 0.25) is 0 Å². The van der Waals surface area contributed by atoms with Crippen molar-refractivity contribution in [2.45, 2.75) is 39.0 Å². The summed E-state index contributed by atoms with van der Waals surface area (Å²) in [7, 11) is 1.57. The Morgan fingerprint density at radius 3 is 2.86 bits per heavy atom. The van der Waals surface area contributed by atoms with Crippen LogP contribution in [0.15, 0.2) is 0 Å². The SMILES string of the molecule is CCC1OC(n2nc(I)c3c(OC)nc(N)nc32)CC1C. The van der Waals surface area contributed by atoms with E-state index in [1.165, 1.54) is 0 Å². The minimum atomic E-state index is -0.116. The van der Waals surface area contributed by atoms with E-state index in [1.54, 1.807) is 7.11 Å². The lowest BCUT2D eigenvalue weighted by molar-refractivity contribution is -0.00964. The molecule has 0 amide bonds. The first-order valence-electron chi connectivity index (χ1n) is 6.95. The van der Waals surface area contributed by atoms with E-state index in [0.29, 0.717) is 17.4 Å². The summed E-state index contributed by atoms with van der Waals surface area (Å²) in [6, 6.07) is 0. The summed E-state index contributed by atoms with van der Waals surface area (Å²) in [6.07, 6.45) is 2.05. The second kappa shape index (κ2) is 5.56. The van der Waals surface area contributed by atoms with Gasteiger partial charge in [-0.05, 0) is 41.4 Å². The number of rotatable bonds is 3. The second-order valence-corrected chi connectivity index (χ2v) is 6.30. The fourth-order valence-corrected chi connectivity index (χ4v) is 3.55. The first kappa shape index (κ1) is 14.8. The maximum atomic E-state index is 6.10. The zero-order chi connectivity index (χ0) is 15.1. The normalized spacial score (nSPS) is 25.6. The van der Waals surface area contributed by atoms with Crippen molar-refractivity contribution in [2.24, 2.45) is 5.92 Å². The average molecular weight is 403 g/mol. The molecule has 8 heteroatoms. The minimum absolute atomic E-state index is 0.116. The first-order valence-corrected chi connectivity index (χ1v) is 8.03. The molecule has 0 aromatic carbocycles. The van der Waals surface area contributed by atoms with Crippen molar-refractivity contribution in [2.75, 3.05) is 12.8 Å². The minimum Gasteiger partial charge on any atom is -0.480 e. The molecule has 3 rings (SSSR count). The molecule has 1 fully saturated rings. The Morgan fingerprint density at radius 2 is 2.24 bits per heavy atom. The highest BCUT2D eigenvalue weighted by Crippen LogP contribution is 2.37. The molecule has 3 heterocycles. The number of hydrogen-bond donors (Lipinski definition) is 1. The van der Waals surface area contributed by atoms with Crippen LogP contribution in [0.25, 0.3) is 11.0 Å². The molecule has 1 aliphatic rings. The van der Waals surface area contributed by atoms with Crippen LogP contribution in [0.4, 0.5) is 5.95 Å². The molecule has 3 atom stereocenters. The third-order valence-electron chi connectivity index (χ3n) is 3.90. The average Bonchev–Trinajstić information content (AvgIpc) is 2.98. The molecule has 0 spiro atoms. The van der Waals surface area contributed by atoms with E-state index in [0.717, 1.165) is 21.9 Å². The Kier molecular flexibility index (Phi) is 3.91. The summed E-state index contributed by atoms with van der Waals surface area (Å²) < 4.78 is 14.0. The summed E-state index contributed by atoms with van der Waals surface area (Å²) in [5.74, 6) is 1.12. The van der Waals surface area contributed by atoms with Gasteiger partial charge in [0.05, 0.1) is 13.2 Å². The number of nitrogen functional groups attached to an aromatic ring is 1. The molecule has 7 nitrogen and oxygen atoms in total. The summed E-state index contributed by atoms with van der Waals surface area (Å²) in [4.78, 5) is 8.44. The number of hydrogen-bond acceptors (Lipinski definition) is 6. The Bertz CT molecular complexity index is 674. The Morgan fingerprint density at radius 1 is 1.48 bits per heavy atom. The van der Waals surface area contributed by atoms with Gasteiger partial charge in [0.25, 0.3) is 0 Å². The molecule has 1 aliphatic heterocycles. The van der Waals surface area contributed by atoms with Gasteiger partial charge in [0, 0.05) is 0 Å². The summed E-state index contributed by atoms with van der Waals surface area (Å²) in [5.41, 5.74) is 6.44. The van der Waals surface area contributed by atoms with Gasteiger partial charge >= 0.3 is 0 Å². The summed E-state index contributed by atoms with van der Waals surface area (Å²) >= 11 is 2.16. The third-order valence-corrected chi connectivity index (χ3v) is 4.66. The van der Waals surface area contributed by atoms with Gasteiger partial charge in [0.15, 0.2) is 11.9 Å². The smallest absolute Gasteiger partial charge is 0.230 e. The largest absolute Gasteiger partial charge is 0.480 e. The van der Waals surface area contributed by atoms with E-state index in [-0.39, 0.29) is 18.3 Å². The van der Waals surface area contributed by atoms with Crippen molar-refractivity contribution in [1.82, 2.24) is 19.7 Å². The van der Waals surface area contributed by atoms with Crippen LogP contribution in [-0.2, 0) is 4.74 Å². The predicted octanol–water partition coefficient (Wildman–Crippen LogP) is 2.36. The van der Waals surface area contributed by atoms with Crippen molar-refractivity contribution < 1.29 is 9.47 Å². The lowest BCUT2D eigenvalue weighted by Crippen LogP contribution is -2.14. The van der Waals surface area contributed by atoms with E-state index in [1.807, 2.05) is 4.68 Å². The molecule has 0 radical (unpaired) electrons. The second-order valence-electron chi connectivity index (χ2n) is 5.28. The van der Waals surface area contributed by atoms with Crippen LogP contribution >= 0.6 is 22.6 Å². The van der Waals surface area contributed by atoms with Gasteiger partial charge in [-0.25, -0.2) is 4.68 Å². The lowest BCUT2D eigenvalue weighted by atomic mass is 10.0. The fraction of sp³-hybridized carbons (Fsp3) is 0.615. The molecule has 0 saturated carbocycles. The molecular formula is C13H18IN5O2. The van der Waals surface area contributed by atoms with Gasteiger partial charge in [0.1, 0.15) is 9.09 Å². The Hall–Kier alpha value is -1.16. The number of halogens is 1. The summed E-state index contributed by atoms with van der Waals surface area (Å²) in [5, 5.41) is 5.35. The Balaban J connectivity index is 2.10. The number of aromatic nitrogens is 4. The van der Waals surface area contributed by atoms with Crippen LogP contribution in [0, 0.1) is 9.62 Å². The molecule has 1 saturated heterocycles. The predicted molar refractivity (Wildman–Crippen MR) is 87.0 cm³/mol. The van der Waals surface area contributed by atoms with Crippen molar-refractivity contribution >= 4 is 39.6 Å². The fourth-order valence-electron chi connectivity index (χ4n) is 2.85. The highest BCUT2D eigenvalue weighted by atomic mass is 127. The number of anilines is 1. The van der Waals surface area contributed by atoms with Crippen LogP contribution < -0.4 is 10.5 Å². The quantitative estimate of drug-likeness (QED) is 0.792. The van der Waals surface area contributed by atoms with Crippen LogP contribution in [0.5, 0.6) is 5.88 Å². The summed E-state index contributed by atoms with van der Waals surface area (Å²) in [6.45, 7) is 4.34. The molecule has 0 aliphatic carbocycles. The number of nitrogens with zero attached hydrogens (tertiary/aromatic N) is 4. The zero-order valence-electron chi connectivity index (χ0n) is 12.2. The Labute approximate surface area is 136 Å². The number of fused-ring (bicyclic) bond motifs is 1. The highest BCUT2D eigenvalue weighted by Gasteiger charge is 2.34. The molecule has 21 heavy (non-hydrogen) atoms. The highest BCUT2D eigenvalue weighted by molar-refractivity contribution is 14.1. The van der Waals surface area contributed by atoms with Crippen molar-refractivity contribution in [1.29, 1.82) is 0 Å². The van der Waals surface area contributed by atoms with Crippen molar-refractivity contribution in [3.63, 3.8) is 0 Å². The molecular weight excluding hydrogens is 385 g/mol. The van der Waals surface area contributed by atoms with Gasteiger partial charge in [-0.1, -0.05) is 13.8 Å². The van der Waals surface area contributed by atoms with Crippen molar-refractivity contribution in [3.05, 3.63) is 3.70 Å². The molecule has 2 aromatic heterocycles. The lowest BCUT2D eigenvalue weighted by Gasteiger charge is -2.14. The van der Waals surface area contributed by atoms with E-state index >= 15 is 0 Å². The van der Waals surface area contributed by atoms with Gasteiger partial charge < -0.3 is 15.2 Å². The van der Waals surface area contributed by atoms with Gasteiger partial charge in [0.2, 0.25) is 11.8 Å². The van der Waals surface area contributed by atoms with Crippen LogP contribution in [0.1, 0.15) is 32.9 Å². The van der Waals surface area contributed by atoms with Crippen LogP contribution in [-0.4, -0.2) is 33.0 Å². The third kappa shape index (κ3) is 2.44. The monoisotopic (exact) mass is 403 g/mol. The van der Waals surface area contributed by atoms with Crippen LogP contribution in [0.3, 0.4) is 0 Å². The van der Waals surface area contributed by atoms with E-state index in [4.69, 9.17) is 15.2 Å². The number of ether oxygens (including phenoxy) is 2. The van der Waals surface area contributed by atoms with E-state index < -0.39 is 0 Å². The molecule has 2 aromatic rings. The maximum Gasteiger partial charge on any atom is 0.230 e. The first-order chi connectivity index (χ1) is 10.0. The molecule has 2 N–H and O–H groups in total. The van der Waals surface area contributed by atoms with Crippen molar-refractivity contribution in [3.8, 4) is 5.88 Å². The standard InChI is InChI=1S/C13H18IN5O2/c1-4-7-6(2)5-8(21-7)19-11-9(10(14)18-19)12(20-3)17-13(15)16-11/h6-8H,4-5H2,1-3H3,(H2,15,16,17). The molecule has 0 bridgehead atoms. The molecule has 114 valence electrons. The zero-order valence-corrected chi connectivity index (χ0v) is 14.4. The van der Waals surface area contributed by atoms with E-state index in [9.17, 15) is 0 Å². The van der Waals surface area contributed by atoms with Gasteiger partial charge in [-0.3, -0.25) is 0 Å². The van der Waals surface area contributed by atoms with E-state index in [2.05, 4.69) is 51.5 Å². The van der Waals surface area contributed by atoms with Gasteiger partial charge in [-0.15, -0.1) is 0 Å². The topological polar surface area (TPSA) is 88.1 Å².